The van der Waals surface area contributed by atoms with Crippen molar-refractivity contribution in [3.05, 3.63) is 0 Å². The highest BCUT2D eigenvalue weighted by Gasteiger charge is 2.19. The van der Waals surface area contributed by atoms with Crippen LogP contribution in [-0.4, -0.2) is 37.1 Å². The molecule has 1 rings (SSSR count). The number of piperidine rings is 1. The van der Waals surface area contributed by atoms with Gasteiger partial charge in [-0.25, -0.2) is 0 Å². The maximum absolute atomic E-state index is 3.53. The van der Waals surface area contributed by atoms with Crippen LogP contribution in [0.1, 0.15) is 33.1 Å². The van der Waals surface area contributed by atoms with Crippen LogP contribution in [0, 0.1) is 0 Å². The molecule has 0 aromatic rings. The summed E-state index contributed by atoms with van der Waals surface area (Å²) in [5, 5.41) is 3.53. The molecule has 1 saturated heterocycles. The average molecular weight is 170 g/mol. The van der Waals surface area contributed by atoms with E-state index < -0.39 is 0 Å². The highest BCUT2D eigenvalue weighted by atomic mass is 15.2. The van der Waals surface area contributed by atoms with Crippen molar-refractivity contribution in [1.29, 1.82) is 0 Å². The molecule has 1 aliphatic rings. The van der Waals surface area contributed by atoms with Gasteiger partial charge in [0.2, 0.25) is 0 Å². The molecule has 12 heavy (non-hydrogen) atoms. The summed E-state index contributed by atoms with van der Waals surface area (Å²) in [6.45, 7) is 6.93. The summed E-state index contributed by atoms with van der Waals surface area (Å²) in [5.41, 5.74) is 0. The summed E-state index contributed by atoms with van der Waals surface area (Å²) in [5.74, 6) is 0. The average Bonchev–Trinajstić information content (AvgIpc) is 2.06. The van der Waals surface area contributed by atoms with Crippen molar-refractivity contribution < 1.29 is 0 Å². The van der Waals surface area contributed by atoms with Gasteiger partial charge >= 0.3 is 0 Å². The van der Waals surface area contributed by atoms with Gasteiger partial charge in [0, 0.05) is 18.6 Å². The number of likely N-dealkylation sites (N-methyl/N-ethyl adjacent to an activating group) is 1. The second-order valence-electron chi connectivity index (χ2n) is 4.02. The third-order valence-electron chi connectivity index (χ3n) is 2.83. The highest BCUT2D eigenvalue weighted by molar-refractivity contribution is 4.80. The molecule has 0 radical (unpaired) electrons. The maximum atomic E-state index is 3.53. The standard InChI is InChI=1S/C10H22N2/c1-4-7-12(3)10-6-5-9(2)11-8-10/h9-11H,4-8H2,1-3H3. The van der Waals surface area contributed by atoms with Crippen LogP contribution in [-0.2, 0) is 0 Å². The van der Waals surface area contributed by atoms with Crippen molar-refractivity contribution in [1.82, 2.24) is 10.2 Å². The minimum atomic E-state index is 0.733. The van der Waals surface area contributed by atoms with Crippen molar-refractivity contribution in [2.75, 3.05) is 20.1 Å². The number of nitrogens with zero attached hydrogens (tertiary/aromatic N) is 1. The molecule has 2 heteroatoms. The predicted octanol–water partition coefficient (Wildman–Crippen LogP) is 1.47. The second-order valence-corrected chi connectivity index (χ2v) is 4.02. The monoisotopic (exact) mass is 170 g/mol. The summed E-state index contributed by atoms with van der Waals surface area (Å²) >= 11 is 0. The van der Waals surface area contributed by atoms with Crippen LogP contribution >= 0.6 is 0 Å². The van der Waals surface area contributed by atoms with E-state index in [1.165, 1.54) is 32.4 Å². The van der Waals surface area contributed by atoms with E-state index in [0.717, 1.165) is 12.1 Å². The van der Waals surface area contributed by atoms with Gasteiger partial charge in [-0.05, 0) is 39.8 Å². The van der Waals surface area contributed by atoms with Gasteiger partial charge in [-0.3, -0.25) is 0 Å². The summed E-state index contributed by atoms with van der Waals surface area (Å²) in [7, 11) is 2.24. The number of nitrogens with one attached hydrogen (secondary N) is 1. The fraction of sp³-hybridized carbons (Fsp3) is 1.00. The molecule has 0 aliphatic carbocycles. The molecular formula is C10H22N2. The van der Waals surface area contributed by atoms with Gasteiger partial charge in [0.05, 0.1) is 0 Å². The predicted molar refractivity (Wildman–Crippen MR) is 53.4 cm³/mol. The van der Waals surface area contributed by atoms with Gasteiger partial charge in [-0.2, -0.15) is 0 Å². The Hall–Kier alpha value is -0.0800. The minimum Gasteiger partial charge on any atom is -0.313 e. The largest absolute Gasteiger partial charge is 0.313 e. The zero-order valence-corrected chi connectivity index (χ0v) is 8.64. The third-order valence-corrected chi connectivity index (χ3v) is 2.83. The van der Waals surface area contributed by atoms with E-state index in [2.05, 4.69) is 31.1 Å². The summed E-state index contributed by atoms with van der Waals surface area (Å²) in [6.07, 6.45) is 3.96. The first kappa shape index (κ1) is 10.0. The molecule has 2 unspecified atom stereocenters. The molecule has 2 nitrogen and oxygen atoms in total. The lowest BCUT2D eigenvalue weighted by molar-refractivity contribution is 0.188. The van der Waals surface area contributed by atoms with Crippen LogP contribution in [0.4, 0.5) is 0 Å². The van der Waals surface area contributed by atoms with Crippen LogP contribution in [0.25, 0.3) is 0 Å². The van der Waals surface area contributed by atoms with E-state index in [4.69, 9.17) is 0 Å². The Kier molecular flexibility index (Phi) is 4.02. The highest BCUT2D eigenvalue weighted by Crippen LogP contribution is 2.12. The number of hydrogen-bond donors (Lipinski definition) is 1. The fourth-order valence-electron chi connectivity index (χ4n) is 1.90. The lowest BCUT2D eigenvalue weighted by atomic mass is 10.0. The van der Waals surface area contributed by atoms with Gasteiger partial charge in [0.15, 0.2) is 0 Å². The Morgan fingerprint density at radius 2 is 2.17 bits per heavy atom. The fourth-order valence-corrected chi connectivity index (χ4v) is 1.90. The molecule has 1 N–H and O–H groups in total. The molecule has 72 valence electrons. The van der Waals surface area contributed by atoms with Crippen LogP contribution in [0.15, 0.2) is 0 Å². The number of rotatable bonds is 3. The molecule has 0 saturated carbocycles. The quantitative estimate of drug-likeness (QED) is 0.690. The van der Waals surface area contributed by atoms with E-state index in [1.54, 1.807) is 0 Å². The van der Waals surface area contributed by atoms with E-state index in [1.807, 2.05) is 0 Å². The normalized spacial score (nSPS) is 31.0. The van der Waals surface area contributed by atoms with E-state index in [0.29, 0.717) is 0 Å². The first-order valence-electron chi connectivity index (χ1n) is 5.17. The van der Waals surface area contributed by atoms with Gasteiger partial charge < -0.3 is 10.2 Å². The molecule has 1 heterocycles. The van der Waals surface area contributed by atoms with Gasteiger partial charge in [-0.15, -0.1) is 0 Å². The molecule has 1 aliphatic heterocycles. The van der Waals surface area contributed by atoms with Crippen LogP contribution < -0.4 is 5.32 Å². The summed E-state index contributed by atoms with van der Waals surface area (Å²) < 4.78 is 0. The molecular weight excluding hydrogens is 148 g/mol. The molecule has 0 spiro atoms. The Labute approximate surface area is 76.3 Å². The summed E-state index contributed by atoms with van der Waals surface area (Å²) in [4.78, 5) is 2.48. The van der Waals surface area contributed by atoms with Gasteiger partial charge in [0.1, 0.15) is 0 Å². The zero-order chi connectivity index (χ0) is 8.97. The topological polar surface area (TPSA) is 15.3 Å². The van der Waals surface area contributed by atoms with Gasteiger partial charge in [-0.1, -0.05) is 6.92 Å². The van der Waals surface area contributed by atoms with Crippen LogP contribution in [0.2, 0.25) is 0 Å². The van der Waals surface area contributed by atoms with E-state index in [-0.39, 0.29) is 0 Å². The first-order valence-corrected chi connectivity index (χ1v) is 5.17. The SMILES string of the molecule is CCCN(C)C1CCC(C)NC1. The Morgan fingerprint density at radius 1 is 1.42 bits per heavy atom. The van der Waals surface area contributed by atoms with E-state index in [9.17, 15) is 0 Å². The molecule has 0 aromatic heterocycles. The Morgan fingerprint density at radius 3 is 2.67 bits per heavy atom. The molecule has 0 amide bonds. The molecule has 0 aromatic carbocycles. The van der Waals surface area contributed by atoms with Crippen molar-refractivity contribution in [2.24, 2.45) is 0 Å². The molecule has 2 atom stereocenters. The zero-order valence-electron chi connectivity index (χ0n) is 8.64. The minimum absolute atomic E-state index is 0.733. The molecule has 0 bridgehead atoms. The third kappa shape index (κ3) is 2.76. The maximum Gasteiger partial charge on any atom is 0.0218 e. The Balaban J connectivity index is 2.24. The van der Waals surface area contributed by atoms with Crippen molar-refractivity contribution in [3.8, 4) is 0 Å². The van der Waals surface area contributed by atoms with Crippen molar-refractivity contribution >= 4 is 0 Å². The first-order chi connectivity index (χ1) is 5.74. The van der Waals surface area contributed by atoms with Crippen LogP contribution in [0.3, 0.4) is 0 Å². The van der Waals surface area contributed by atoms with Gasteiger partial charge in [0.25, 0.3) is 0 Å². The van der Waals surface area contributed by atoms with Crippen molar-refractivity contribution in [2.45, 2.75) is 45.2 Å². The smallest absolute Gasteiger partial charge is 0.0218 e. The molecule has 1 fully saturated rings. The lowest BCUT2D eigenvalue weighted by Gasteiger charge is -2.34. The second kappa shape index (κ2) is 4.83. The van der Waals surface area contributed by atoms with E-state index >= 15 is 0 Å². The van der Waals surface area contributed by atoms with Crippen molar-refractivity contribution in [3.63, 3.8) is 0 Å². The summed E-state index contributed by atoms with van der Waals surface area (Å²) in [6, 6.07) is 1.51. The lowest BCUT2D eigenvalue weighted by Crippen LogP contribution is -2.47. The van der Waals surface area contributed by atoms with Crippen LogP contribution in [0.5, 0.6) is 0 Å². The Bertz CT molecular complexity index is 117. The number of hydrogen-bond acceptors (Lipinski definition) is 2.